The highest BCUT2D eigenvalue weighted by atomic mass is 14.4. The van der Waals surface area contributed by atoms with Crippen molar-refractivity contribution < 1.29 is 0 Å². The van der Waals surface area contributed by atoms with Gasteiger partial charge in [0.15, 0.2) is 0 Å². The van der Waals surface area contributed by atoms with Crippen LogP contribution in [0.3, 0.4) is 0 Å². The molecule has 0 spiro atoms. The van der Waals surface area contributed by atoms with E-state index in [-0.39, 0.29) is 27.1 Å². The first-order chi connectivity index (χ1) is 28.9. The van der Waals surface area contributed by atoms with E-state index in [1.54, 1.807) is 0 Å². The minimum Gasteiger partial charge on any atom is -0.0610 e. The van der Waals surface area contributed by atoms with Gasteiger partial charge in [-0.1, -0.05) is 122 Å². The van der Waals surface area contributed by atoms with Crippen molar-refractivity contribution in [1.29, 1.82) is 0 Å². The van der Waals surface area contributed by atoms with E-state index in [4.69, 9.17) is 0 Å². The van der Waals surface area contributed by atoms with Gasteiger partial charge in [-0.15, -0.1) is 0 Å². The summed E-state index contributed by atoms with van der Waals surface area (Å²) in [5, 5.41) is 34.5. The van der Waals surface area contributed by atoms with Crippen LogP contribution in [0.5, 0.6) is 0 Å². The van der Waals surface area contributed by atoms with Crippen molar-refractivity contribution in [2.75, 3.05) is 0 Å². The summed E-state index contributed by atoms with van der Waals surface area (Å²) in [6, 6.07) is 33.3. The summed E-state index contributed by atoms with van der Waals surface area (Å²) in [7, 11) is 0. The molecule has 0 amide bonds. The van der Waals surface area contributed by atoms with Crippen LogP contribution >= 0.6 is 0 Å². The Labute approximate surface area is 365 Å². The Balaban J connectivity index is 1.51. The Morgan fingerprint density at radius 2 is 0.339 bits per heavy atom. The van der Waals surface area contributed by atoms with E-state index in [9.17, 15) is 0 Å². The molecule has 0 fully saturated rings. The van der Waals surface area contributed by atoms with E-state index in [2.05, 4.69) is 183 Å². The van der Waals surface area contributed by atoms with Gasteiger partial charge in [0.2, 0.25) is 0 Å². The van der Waals surface area contributed by atoms with Gasteiger partial charge in [0.05, 0.1) is 0 Å². The van der Waals surface area contributed by atoms with Gasteiger partial charge in [-0.25, -0.2) is 0 Å². The third-order valence-electron chi connectivity index (χ3n) is 15.8. The maximum atomic E-state index is 2.61. The third kappa shape index (κ3) is 4.31. The Kier molecular flexibility index (Phi) is 6.38. The zero-order chi connectivity index (χ0) is 43.4. The molecule has 13 aromatic carbocycles. The molecule has 0 saturated carbocycles. The van der Waals surface area contributed by atoms with Gasteiger partial charge in [0, 0.05) is 0 Å². The Hall–Kier alpha value is -5.46. The van der Waals surface area contributed by atoms with Crippen LogP contribution in [0.4, 0.5) is 0 Å². The molecule has 0 aliphatic rings. The predicted molar refractivity (Wildman–Crippen MR) is 277 cm³/mol. The minimum absolute atomic E-state index is 0.0251. The first-order valence-corrected chi connectivity index (χ1v) is 23.3. The molecular formula is C62H58. The molecule has 13 aromatic rings. The monoisotopic (exact) mass is 802 g/mol. The fourth-order valence-corrected chi connectivity index (χ4v) is 12.4. The van der Waals surface area contributed by atoms with Crippen LogP contribution < -0.4 is 0 Å². The summed E-state index contributed by atoms with van der Waals surface area (Å²) in [4.78, 5) is 0. The van der Waals surface area contributed by atoms with Gasteiger partial charge in [-0.2, -0.15) is 0 Å². The van der Waals surface area contributed by atoms with Crippen molar-refractivity contribution in [2.24, 2.45) is 0 Å². The molecule has 0 nitrogen and oxygen atoms in total. The summed E-state index contributed by atoms with van der Waals surface area (Å²) in [6.45, 7) is 36.0. The molecule has 0 aliphatic carbocycles. The lowest BCUT2D eigenvalue weighted by atomic mass is 9.70. The molecule has 0 heteroatoms. The highest BCUT2D eigenvalue weighted by Gasteiger charge is 2.35. The zero-order valence-corrected chi connectivity index (χ0v) is 39.5. The molecule has 0 unspecified atom stereocenters. The fraction of sp³-hybridized carbons (Fsp3) is 0.323. The Morgan fingerprint density at radius 3 is 0.500 bits per heavy atom. The van der Waals surface area contributed by atoms with Crippen LogP contribution in [0.25, 0.3) is 129 Å². The van der Waals surface area contributed by atoms with Gasteiger partial charge >= 0.3 is 0 Å². The van der Waals surface area contributed by atoms with Crippen LogP contribution in [-0.4, -0.2) is 0 Å². The fourth-order valence-electron chi connectivity index (χ4n) is 12.4. The zero-order valence-electron chi connectivity index (χ0n) is 39.5. The highest BCUT2D eigenvalue weighted by Crippen LogP contribution is 2.61. The number of rotatable bonds is 0. The Bertz CT molecular complexity index is 3810. The van der Waals surface area contributed by atoms with Crippen molar-refractivity contribution in [2.45, 2.75) is 131 Å². The van der Waals surface area contributed by atoms with Crippen molar-refractivity contribution in [3.63, 3.8) is 0 Å². The molecule has 306 valence electrons. The first-order valence-electron chi connectivity index (χ1n) is 23.3. The van der Waals surface area contributed by atoms with Crippen LogP contribution in [0.1, 0.15) is 132 Å². The molecule has 0 atom stereocenters. The lowest BCUT2D eigenvalue weighted by Crippen LogP contribution is -2.14. The number of fused-ring (bicyclic) bond motifs is 6. The maximum Gasteiger partial charge on any atom is -0.0000472 e. The molecule has 62 heavy (non-hydrogen) atoms. The second-order valence-electron chi connectivity index (χ2n) is 25.0. The number of hydrogen-bond acceptors (Lipinski definition) is 0. The van der Waals surface area contributed by atoms with Gasteiger partial charge in [-0.05, 0) is 245 Å². The van der Waals surface area contributed by atoms with Crippen LogP contribution in [0, 0.1) is 0 Å². The summed E-state index contributed by atoms with van der Waals surface area (Å²) in [5.41, 5.74) is 6.87. The molecule has 0 aliphatic heterocycles. The smallest absolute Gasteiger partial charge is 0.0000472 e. The van der Waals surface area contributed by atoms with E-state index in [1.165, 1.54) is 157 Å². The summed E-state index contributed by atoms with van der Waals surface area (Å²) in [6.07, 6.45) is 0. The van der Waals surface area contributed by atoms with Gasteiger partial charge in [0.25, 0.3) is 0 Å². The molecule has 0 radical (unpaired) electrons. The van der Waals surface area contributed by atoms with Crippen LogP contribution in [-0.2, 0) is 27.1 Å². The van der Waals surface area contributed by atoms with E-state index in [0.717, 1.165) is 0 Å². The van der Waals surface area contributed by atoms with Gasteiger partial charge in [-0.3, -0.25) is 0 Å². The van der Waals surface area contributed by atoms with E-state index >= 15 is 0 Å². The second-order valence-corrected chi connectivity index (χ2v) is 25.0. The molecule has 0 aromatic heterocycles. The van der Waals surface area contributed by atoms with Crippen molar-refractivity contribution in [1.82, 2.24) is 0 Å². The third-order valence-corrected chi connectivity index (χ3v) is 15.8. The largest absolute Gasteiger partial charge is 0.0610 e. The summed E-state index contributed by atoms with van der Waals surface area (Å²) >= 11 is 0. The van der Waals surface area contributed by atoms with Gasteiger partial charge < -0.3 is 0 Å². The van der Waals surface area contributed by atoms with Crippen molar-refractivity contribution in [3.05, 3.63) is 107 Å². The van der Waals surface area contributed by atoms with Crippen LogP contribution in [0.15, 0.2) is 78.9 Å². The normalized spacial score (nSPS) is 14.7. The first kappa shape index (κ1) is 37.1. The number of hydrogen-bond donors (Lipinski definition) is 0. The summed E-state index contributed by atoms with van der Waals surface area (Å²) < 4.78 is 0. The standard InChI is InChI=1S/C62H58/c1-58(2,3)29-19-36-34-17-16-18-35-37-20-30(59(4,5)6)22-39-41-24-32(61(10,11)12)26-43-45-28-33(62(13,14)15)27-44-42-25-31(60(7,8)9)23-40-38(21-29)47(36)53-52(46(34)35)54(48(37)39)56(50(41)43)57(51(44)45)55(53)49(40)42/h16-28H,1-15H3. The molecular weight excluding hydrogens is 745 g/mol. The van der Waals surface area contributed by atoms with E-state index in [0.29, 0.717) is 0 Å². The summed E-state index contributed by atoms with van der Waals surface area (Å²) in [5.74, 6) is 0. The average Bonchev–Trinajstić information content (AvgIpc) is 3.19. The maximum absolute atomic E-state index is 2.61. The van der Waals surface area contributed by atoms with E-state index in [1.807, 2.05) is 0 Å². The second kappa shape index (κ2) is 10.7. The molecule has 0 N–H and O–H groups in total. The Morgan fingerprint density at radius 1 is 0.194 bits per heavy atom. The minimum atomic E-state index is -0.0380. The molecule has 0 bridgehead atoms. The van der Waals surface area contributed by atoms with Crippen LogP contribution in [0.2, 0.25) is 0 Å². The molecule has 0 heterocycles. The quantitative estimate of drug-likeness (QED) is 0.106. The molecule has 0 saturated heterocycles. The SMILES string of the molecule is CC(C)(C)c1cc2c3cccc4c5cc(C(C)(C)C)cc6c7cc(C(C)(C)C)cc8c9cc(C(C)(C)C)cc%10c%11cc(C(C)(C)C)cc%12c(c1)c2c1c(c34)c(c56)c(c78)c(c%109)c1c%12%11. The predicted octanol–water partition coefficient (Wildman–Crippen LogP) is 18.6. The molecule has 13 rings (SSSR count). The van der Waals surface area contributed by atoms with Crippen molar-refractivity contribution >= 4 is 129 Å². The average molecular weight is 803 g/mol. The topological polar surface area (TPSA) is 0 Å². The highest BCUT2D eigenvalue weighted by molar-refractivity contribution is 6.61. The van der Waals surface area contributed by atoms with Gasteiger partial charge in [0.1, 0.15) is 0 Å². The van der Waals surface area contributed by atoms with E-state index < -0.39 is 0 Å². The van der Waals surface area contributed by atoms with Crippen molar-refractivity contribution in [3.8, 4) is 0 Å². The lowest BCUT2D eigenvalue weighted by Gasteiger charge is -2.32. The lowest BCUT2D eigenvalue weighted by molar-refractivity contribution is 0.591. The number of benzene rings is 13.